The van der Waals surface area contributed by atoms with Crippen LogP contribution in [-0.4, -0.2) is 18.1 Å². The second-order valence-electron chi connectivity index (χ2n) is 7.43. The fourth-order valence-electron chi connectivity index (χ4n) is 3.27. The molecule has 5 nitrogen and oxygen atoms in total. The van der Waals surface area contributed by atoms with Crippen LogP contribution < -0.4 is 4.74 Å². The maximum Gasteiger partial charge on any atom is 0.294 e. The topological polar surface area (TPSA) is 83.8 Å². The van der Waals surface area contributed by atoms with E-state index >= 15 is 0 Å². The predicted molar refractivity (Wildman–Crippen MR) is 115 cm³/mol. The number of unbranched alkanes of at least 4 members (excludes halogenated alkanes) is 8. The molecule has 29 heavy (non-hydrogen) atoms. The molecule has 0 bridgehead atoms. The fraction of sp³-hybridized carbons (Fsp3) is 0.478. The Morgan fingerprint density at radius 2 is 1.52 bits per heavy atom. The SMILES string of the molecule is CCCCCCCCCCCc1ccc(Oc2cccc(S(=O)(=O)O)c2)c(O)c1. The highest BCUT2D eigenvalue weighted by Crippen LogP contribution is 2.32. The number of benzene rings is 2. The van der Waals surface area contributed by atoms with E-state index in [4.69, 9.17) is 9.29 Å². The van der Waals surface area contributed by atoms with Gasteiger partial charge in [0, 0.05) is 6.07 Å². The Bertz CT molecular complexity index is 861. The minimum absolute atomic E-state index is 0.00989. The highest BCUT2D eigenvalue weighted by Gasteiger charge is 2.12. The third-order valence-electron chi connectivity index (χ3n) is 4.92. The molecule has 0 saturated heterocycles. The molecule has 0 aliphatic heterocycles. The van der Waals surface area contributed by atoms with Crippen molar-refractivity contribution in [2.45, 2.75) is 76.0 Å². The molecule has 2 aromatic rings. The summed E-state index contributed by atoms with van der Waals surface area (Å²) < 4.78 is 37.1. The van der Waals surface area contributed by atoms with Gasteiger partial charge in [-0.1, -0.05) is 70.4 Å². The smallest absolute Gasteiger partial charge is 0.294 e. The first-order valence-corrected chi connectivity index (χ1v) is 11.9. The zero-order chi connectivity index (χ0) is 21.1. The van der Waals surface area contributed by atoms with Gasteiger partial charge in [-0.2, -0.15) is 8.42 Å². The van der Waals surface area contributed by atoms with Crippen LogP contribution in [0.3, 0.4) is 0 Å². The molecule has 0 amide bonds. The van der Waals surface area contributed by atoms with Crippen molar-refractivity contribution in [1.82, 2.24) is 0 Å². The number of hydrogen-bond donors (Lipinski definition) is 2. The van der Waals surface area contributed by atoms with Crippen LogP contribution in [0.5, 0.6) is 17.2 Å². The molecule has 0 fully saturated rings. The van der Waals surface area contributed by atoms with Gasteiger partial charge in [0.2, 0.25) is 0 Å². The number of aromatic hydroxyl groups is 1. The Hall–Kier alpha value is -2.05. The summed E-state index contributed by atoms with van der Waals surface area (Å²) >= 11 is 0. The van der Waals surface area contributed by atoms with E-state index in [1.807, 2.05) is 6.07 Å². The standard InChI is InChI=1S/C23H32O5S/c1-2-3-4-5-6-7-8-9-10-12-19-15-16-23(22(24)17-19)28-20-13-11-14-21(18-20)29(25,26)27/h11,13-18,24H,2-10,12H2,1H3,(H,25,26,27). The Kier molecular flexibility index (Phi) is 9.48. The van der Waals surface area contributed by atoms with Gasteiger partial charge in [0.25, 0.3) is 10.1 Å². The van der Waals surface area contributed by atoms with Crippen LogP contribution in [0.15, 0.2) is 47.4 Å². The second-order valence-corrected chi connectivity index (χ2v) is 8.85. The first-order valence-electron chi connectivity index (χ1n) is 10.5. The third-order valence-corrected chi connectivity index (χ3v) is 5.77. The minimum atomic E-state index is -4.30. The van der Waals surface area contributed by atoms with Crippen LogP contribution in [0.25, 0.3) is 0 Å². The molecule has 2 N–H and O–H groups in total. The van der Waals surface area contributed by atoms with Gasteiger partial charge in [-0.25, -0.2) is 0 Å². The monoisotopic (exact) mass is 420 g/mol. The van der Waals surface area contributed by atoms with Crippen molar-refractivity contribution >= 4 is 10.1 Å². The first kappa shape index (κ1) is 23.2. The molecule has 0 aliphatic carbocycles. The third kappa shape index (κ3) is 8.46. The molecule has 0 radical (unpaired) electrons. The molecule has 0 aromatic heterocycles. The van der Waals surface area contributed by atoms with E-state index in [0.29, 0.717) is 0 Å². The van der Waals surface area contributed by atoms with Gasteiger partial charge in [0.15, 0.2) is 11.5 Å². The largest absolute Gasteiger partial charge is 0.504 e. The molecule has 6 heteroatoms. The van der Waals surface area contributed by atoms with Crippen molar-refractivity contribution in [3.8, 4) is 17.2 Å². The van der Waals surface area contributed by atoms with E-state index < -0.39 is 10.1 Å². The summed E-state index contributed by atoms with van der Waals surface area (Å²) in [5, 5.41) is 10.2. The molecule has 2 aromatic carbocycles. The molecular weight excluding hydrogens is 388 g/mol. The fourth-order valence-corrected chi connectivity index (χ4v) is 3.79. The average molecular weight is 421 g/mol. The normalized spacial score (nSPS) is 11.5. The van der Waals surface area contributed by atoms with Crippen molar-refractivity contribution in [2.75, 3.05) is 0 Å². The minimum Gasteiger partial charge on any atom is -0.504 e. The highest BCUT2D eigenvalue weighted by molar-refractivity contribution is 7.85. The number of phenols is 1. The second kappa shape index (κ2) is 11.8. The van der Waals surface area contributed by atoms with Crippen molar-refractivity contribution < 1.29 is 22.8 Å². The maximum absolute atomic E-state index is 11.2. The zero-order valence-electron chi connectivity index (χ0n) is 17.1. The van der Waals surface area contributed by atoms with E-state index in [9.17, 15) is 13.5 Å². The van der Waals surface area contributed by atoms with E-state index in [0.717, 1.165) is 18.4 Å². The summed E-state index contributed by atoms with van der Waals surface area (Å²) in [5.41, 5.74) is 1.05. The molecular formula is C23H32O5S. The van der Waals surface area contributed by atoms with Crippen LogP contribution >= 0.6 is 0 Å². The number of ether oxygens (including phenoxy) is 1. The lowest BCUT2D eigenvalue weighted by atomic mass is 10.0. The van der Waals surface area contributed by atoms with E-state index in [1.165, 1.54) is 69.6 Å². The van der Waals surface area contributed by atoms with Gasteiger partial charge in [-0.15, -0.1) is 0 Å². The van der Waals surface area contributed by atoms with Gasteiger partial charge >= 0.3 is 0 Å². The van der Waals surface area contributed by atoms with Crippen LogP contribution in [0.4, 0.5) is 0 Å². The molecule has 0 aliphatic rings. The summed E-state index contributed by atoms with van der Waals surface area (Å²) in [6, 6.07) is 10.8. The van der Waals surface area contributed by atoms with Gasteiger partial charge < -0.3 is 9.84 Å². The highest BCUT2D eigenvalue weighted by atomic mass is 32.2. The van der Waals surface area contributed by atoms with E-state index in [1.54, 1.807) is 18.2 Å². The lowest BCUT2D eigenvalue weighted by molar-refractivity contribution is 0.409. The van der Waals surface area contributed by atoms with Gasteiger partial charge in [0.05, 0.1) is 4.90 Å². The Labute approximate surface area is 174 Å². The lowest BCUT2D eigenvalue weighted by Gasteiger charge is -2.10. The average Bonchev–Trinajstić information content (AvgIpc) is 2.68. The molecule has 160 valence electrons. The summed E-state index contributed by atoms with van der Waals surface area (Å²) in [7, 11) is -4.30. The number of phenolic OH excluding ortho intramolecular Hbond substituents is 1. The van der Waals surface area contributed by atoms with Gasteiger partial charge in [-0.05, 0) is 42.7 Å². The molecule has 0 atom stereocenters. The summed E-state index contributed by atoms with van der Waals surface area (Å²) in [6.45, 7) is 2.23. The number of rotatable bonds is 13. The van der Waals surface area contributed by atoms with Crippen molar-refractivity contribution in [2.24, 2.45) is 0 Å². The molecule has 0 saturated carbocycles. The lowest BCUT2D eigenvalue weighted by Crippen LogP contribution is -1.98. The summed E-state index contributed by atoms with van der Waals surface area (Å²) in [4.78, 5) is -0.253. The number of aryl methyl sites for hydroxylation is 1. The van der Waals surface area contributed by atoms with E-state index in [2.05, 4.69) is 6.92 Å². The summed E-state index contributed by atoms with van der Waals surface area (Å²) in [5.74, 6) is 0.478. The van der Waals surface area contributed by atoms with E-state index in [-0.39, 0.29) is 22.1 Å². The zero-order valence-corrected chi connectivity index (χ0v) is 18.0. The van der Waals surface area contributed by atoms with Crippen molar-refractivity contribution in [1.29, 1.82) is 0 Å². The van der Waals surface area contributed by atoms with Crippen molar-refractivity contribution in [3.63, 3.8) is 0 Å². The van der Waals surface area contributed by atoms with Crippen LogP contribution in [0.1, 0.15) is 70.3 Å². The Morgan fingerprint density at radius 3 is 2.14 bits per heavy atom. The van der Waals surface area contributed by atoms with Crippen molar-refractivity contribution in [3.05, 3.63) is 48.0 Å². The van der Waals surface area contributed by atoms with Crippen LogP contribution in [0.2, 0.25) is 0 Å². The number of hydrogen-bond acceptors (Lipinski definition) is 4. The first-order chi connectivity index (χ1) is 13.9. The van der Waals surface area contributed by atoms with Gasteiger partial charge in [-0.3, -0.25) is 4.55 Å². The Balaban J connectivity index is 1.79. The summed E-state index contributed by atoms with van der Waals surface area (Å²) in [6.07, 6.45) is 12.4. The maximum atomic E-state index is 11.2. The molecule has 0 unspecified atom stereocenters. The quantitative estimate of drug-likeness (QED) is 0.285. The molecule has 2 rings (SSSR count). The molecule has 0 heterocycles. The predicted octanol–water partition coefficient (Wildman–Crippen LogP) is 6.50. The van der Waals surface area contributed by atoms with Crippen LogP contribution in [-0.2, 0) is 16.5 Å². The van der Waals surface area contributed by atoms with Gasteiger partial charge in [0.1, 0.15) is 5.75 Å². The Morgan fingerprint density at radius 1 is 0.862 bits per heavy atom. The van der Waals surface area contributed by atoms with Crippen LogP contribution in [0, 0.1) is 0 Å². The molecule has 0 spiro atoms.